The molecule has 0 unspecified atom stereocenters. The van der Waals surface area contributed by atoms with Gasteiger partial charge >= 0.3 is 23.9 Å². The summed E-state index contributed by atoms with van der Waals surface area (Å²) < 4.78 is 26.4. The summed E-state index contributed by atoms with van der Waals surface area (Å²) in [7, 11) is 0. The molecule has 0 bridgehead atoms. The Bertz CT molecular complexity index is 649. The van der Waals surface area contributed by atoms with Gasteiger partial charge in [0.15, 0.2) is 12.2 Å². The van der Waals surface area contributed by atoms with E-state index in [-0.39, 0.29) is 0 Å². The highest BCUT2D eigenvalue weighted by atomic mass is 16.7. The number of aliphatic carboxylic acids is 1. The third-order valence-corrected chi connectivity index (χ3v) is 3.76. The van der Waals surface area contributed by atoms with Crippen molar-refractivity contribution in [1.29, 1.82) is 0 Å². The molecule has 1 fully saturated rings. The van der Waals surface area contributed by atoms with Gasteiger partial charge in [-0.3, -0.25) is 19.2 Å². The number of esters is 3. The first-order valence-electron chi connectivity index (χ1n) is 8.71. The van der Waals surface area contributed by atoms with Gasteiger partial charge in [-0.05, 0) is 6.92 Å². The molecule has 6 atom stereocenters. The maximum absolute atomic E-state index is 11.7. The highest BCUT2D eigenvalue weighted by Gasteiger charge is 2.51. The van der Waals surface area contributed by atoms with Crippen LogP contribution in [0.2, 0.25) is 0 Å². The summed E-state index contributed by atoms with van der Waals surface area (Å²) in [5, 5.41) is 11.7. The van der Waals surface area contributed by atoms with Gasteiger partial charge in [0.25, 0.3) is 0 Å². The predicted octanol–water partition coefficient (Wildman–Crippen LogP) is -0.868. The van der Waals surface area contributed by atoms with Crippen LogP contribution in [0.15, 0.2) is 0 Å². The van der Waals surface area contributed by atoms with Gasteiger partial charge in [-0.2, -0.15) is 0 Å². The second-order valence-electron chi connectivity index (χ2n) is 6.34. The SMILES string of the molecule is CC(=O)N[C@H]1[C@@H](OC(C)=O)O[C@H](COC(C)=O)[C@@H](OC(C)=O)[C@@H]1O[C@H](C)C(=O)O. The minimum Gasteiger partial charge on any atom is -0.479 e. The number of carbonyl (C=O) groups is 5. The maximum atomic E-state index is 11.7. The lowest BCUT2D eigenvalue weighted by Gasteiger charge is -2.45. The number of rotatable bonds is 8. The summed E-state index contributed by atoms with van der Waals surface area (Å²) in [6, 6.07) is -1.21. The Morgan fingerprint density at radius 3 is 2.00 bits per heavy atom. The first-order valence-corrected chi connectivity index (χ1v) is 8.71. The van der Waals surface area contributed by atoms with E-state index in [4.69, 9.17) is 23.7 Å². The van der Waals surface area contributed by atoms with Gasteiger partial charge in [0.1, 0.15) is 24.9 Å². The van der Waals surface area contributed by atoms with Crippen molar-refractivity contribution in [1.82, 2.24) is 5.32 Å². The second kappa shape index (κ2) is 10.7. The molecule has 0 radical (unpaired) electrons. The van der Waals surface area contributed by atoms with Gasteiger partial charge < -0.3 is 34.1 Å². The van der Waals surface area contributed by atoms with Crippen molar-refractivity contribution in [2.75, 3.05) is 6.61 Å². The van der Waals surface area contributed by atoms with Crippen LogP contribution in [0.1, 0.15) is 34.6 Å². The summed E-state index contributed by atoms with van der Waals surface area (Å²) in [6.45, 7) is 5.35. The molecule has 0 aliphatic carbocycles. The zero-order chi connectivity index (χ0) is 22.3. The maximum Gasteiger partial charge on any atom is 0.332 e. The van der Waals surface area contributed by atoms with E-state index >= 15 is 0 Å². The number of carboxylic acids is 1. The molecule has 0 saturated carbocycles. The molecule has 0 aromatic rings. The molecule has 164 valence electrons. The molecule has 1 heterocycles. The van der Waals surface area contributed by atoms with Crippen LogP contribution in [0, 0.1) is 0 Å². The number of carbonyl (C=O) groups excluding carboxylic acids is 4. The molecule has 1 aliphatic heterocycles. The second-order valence-corrected chi connectivity index (χ2v) is 6.34. The number of nitrogens with one attached hydrogen (secondary N) is 1. The third kappa shape index (κ3) is 7.66. The molecule has 2 N–H and O–H groups in total. The van der Waals surface area contributed by atoms with E-state index in [0.29, 0.717) is 0 Å². The molecule has 1 amide bonds. The van der Waals surface area contributed by atoms with Crippen LogP contribution < -0.4 is 5.32 Å². The van der Waals surface area contributed by atoms with Gasteiger partial charge in [0.2, 0.25) is 12.2 Å². The van der Waals surface area contributed by atoms with Crippen LogP contribution in [-0.4, -0.2) is 78.2 Å². The Balaban J connectivity index is 3.36. The van der Waals surface area contributed by atoms with E-state index < -0.39 is 73.1 Å². The summed E-state index contributed by atoms with van der Waals surface area (Å²) >= 11 is 0. The molecule has 12 nitrogen and oxygen atoms in total. The van der Waals surface area contributed by atoms with Gasteiger partial charge in [0.05, 0.1) is 0 Å². The lowest BCUT2D eigenvalue weighted by Crippen LogP contribution is -2.67. The minimum atomic E-state index is -1.42. The van der Waals surface area contributed by atoms with Crippen molar-refractivity contribution in [2.45, 2.75) is 71.4 Å². The fourth-order valence-corrected chi connectivity index (χ4v) is 2.68. The summed E-state index contributed by atoms with van der Waals surface area (Å²) in [4.78, 5) is 57.3. The number of carboxylic acid groups (broad SMARTS) is 1. The number of ether oxygens (including phenoxy) is 5. The van der Waals surface area contributed by atoms with Gasteiger partial charge in [0, 0.05) is 27.7 Å². The summed E-state index contributed by atoms with van der Waals surface area (Å²) in [6.07, 6.45) is -6.54. The molecule has 0 spiro atoms. The topological polar surface area (TPSA) is 164 Å². The molecule has 1 saturated heterocycles. The highest BCUT2D eigenvalue weighted by Crippen LogP contribution is 2.28. The zero-order valence-electron chi connectivity index (χ0n) is 16.7. The van der Waals surface area contributed by atoms with Crippen LogP contribution in [-0.2, 0) is 47.7 Å². The Labute approximate surface area is 166 Å². The van der Waals surface area contributed by atoms with Crippen LogP contribution in [0.5, 0.6) is 0 Å². The molecule has 12 heteroatoms. The highest BCUT2D eigenvalue weighted by molar-refractivity contribution is 5.74. The van der Waals surface area contributed by atoms with E-state index in [2.05, 4.69) is 5.32 Å². The van der Waals surface area contributed by atoms with Gasteiger partial charge in [-0.25, -0.2) is 4.79 Å². The molecular weight excluding hydrogens is 394 g/mol. The Morgan fingerprint density at radius 2 is 1.55 bits per heavy atom. The fourth-order valence-electron chi connectivity index (χ4n) is 2.68. The fraction of sp³-hybridized carbons (Fsp3) is 0.706. The van der Waals surface area contributed by atoms with E-state index in [0.717, 1.165) is 20.8 Å². The number of amides is 1. The van der Waals surface area contributed by atoms with E-state index in [1.807, 2.05) is 0 Å². The minimum absolute atomic E-state index is 0.404. The quantitative estimate of drug-likeness (QED) is 0.371. The van der Waals surface area contributed by atoms with Crippen molar-refractivity contribution in [3.8, 4) is 0 Å². The van der Waals surface area contributed by atoms with Crippen molar-refractivity contribution in [2.24, 2.45) is 0 Å². The lowest BCUT2D eigenvalue weighted by molar-refractivity contribution is -0.278. The van der Waals surface area contributed by atoms with Gasteiger partial charge in [-0.1, -0.05) is 0 Å². The van der Waals surface area contributed by atoms with Gasteiger partial charge in [-0.15, -0.1) is 0 Å². The van der Waals surface area contributed by atoms with E-state index in [9.17, 15) is 29.1 Å². The standard InChI is InChI=1S/C17H25NO11/c1-7(16(23)24)26-15-13(18-8(2)19)17(28-11(5)22)29-12(6-25-9(3)20)14(15)27-10(4)21/h7,12-15,17H,6H2,1-5H3,(H,18,19)(H,23,24)/t7-,12-,13-,14-,15-,17+/m1/s1. The molecule has 1 aliphatic rings. The Kier molecular flexibility index (Phi) is 8.98. The Hall–Kier alpha value is -2.73. The number of hydrogen-bond donors (Lipinski definition) is 2. The van der Waals surface area contributed by atoms with Crippen molar-refractivity contribution in [3.05, 3.63) is 0 Å². The third-order valence-electron chi connectivity index (χ3n) is 3.76. The monoisotopic (exact) mass is 419 g/mol. The van der Waals surface area contributed by atoms with Crippen LogP contribution in [0.4, 0.5) is 0 Å². The zero-order valence-corrected chi connectivity index (χ0v) is 16.7. The summed E-state index contributed by atoms with van der Waals surface area (Å²) in [5.74, 6) is -4.05. The molecule has 0 aromatic heterocycles. The molecule has 1 rings (SSSR count). The first kappa shape index (κ1) is 24.3. The molecule has 0 aromatic carbocycles. The average molecular weight is 419 g/mol. The predicted molar refractivity (Wildman–Crippen MR) is 92.2 cm³/mol. The van der Waals surface area contributed by atoms with E-state index in [1.165, 1.54) is 13.8 Å². The first-order chi connectivity index (χ1) is 13.4. The molecular formula is C17H25NO11. The van der Waals surface area contributed by atoms with Crippen molar-refractivity contribution in [3.63, 3.8) is 0 Å². The average Bonchev–Trinajstić information content (AvgIpc) is 2.56. The van der Waals surface area contributed by atoms with Crippen LogP contribution in [0.25, 0.3) is 0 Å². The Morgan fingerprint density at radius 1 is 0.966 bits per heavy atom. The van der Waals surface area contributed by atoms with E-state index in [1.54, 1.807) is 0 Å². The largest absolute Gasteiger partial charge is 0.479 e. The lowest BCUT2D eigenvalue weighted by atomic mass is 9.95. The summed E-state index contributed by atoms with van der Waals surface area (Å²) in [5.41, 5.74) is 0. The van der Waals surface area contributed by atoms with Crippen molar-refractivity contribution >= 4 is 29.8 Å². The van der Waals surface area contributed by atoms with Crippen molar-refractivity contribution < 1.29 is 52.8 Å². The van der Waals surface area contributed by atoms with Crippen LogP contribution in [0.3, 0.4) is 0 Å². The molecule has 29 heavy (non-hydrogen) atoms. The van der Waals surface area contributed by atoms with Crippen LogP contribution >= 0.6 is 0 Å². The number of hydrogen-bond acceptors (Lipinski definition) is 10. The normalized spacial score (nSPS) is 27.3. The smallest absolute Gasteiger partial charge is 0.332 e.